The summed E-state index contributed by atoms with van der Waals surface area (Å²) in [6, 6.07) is 15.7. The van der Waals surface area contributed by atoms with Gasteiger partial charge in [0.25, 0.3) is 5.91 Å². The molecule has 1 aliphatic carbocycles. The van der Waals surface area contributed by atoms with Crippen LogP contribution in [0.2, 0.25) is 0 Å². The van der Waals surface area contributed by atoms with Crippen molar-refractivity contribution in [3.8, 4) is 11.1 Å². The van der Waals surface area contributed by atoms with E-state index in [2.05, 4.69) is 11.4 Å². The predicted molar refractivity (Wildman–Crippen MR) is 86.6 cm³/mol. The number of rotatable bonds is 3. The molecule has 2 aromatic rings. The van der Waals surface area contributed by atoms with Gasteiger partial charge in [-0.15, -0.1) is 0 Å². The Kier molecular flexibility index (Phi) is 4.23. The average Bonchev–Trinajstić information content (AvgIpc) is 2.92. The summed E-state index contributed by atoms with van der Waals surface area (Å²) in [5, 5.41) is 2.94. The highest BCUT2D eigenvalue weighted by atomic mass is 19.1. The SMILES string of the molecule is Cc1cccc(-c2cccc(C(=O)N[C@@H]3CC[C@@H](F)C3)c2)c1. The van der Waals surface area contributed by atoms with Gasteiger partial charge in [-0.3, -0.25) is 4.79 Å². The summed E-state index contributed by atoms with van der Waals surface area (Å²) in [6.07, 6.45) is 0.936. The van der Waals surface area contributed by atoms with Crippen molar-refractivity contribution in [2.24, 2.45) is 0 Å². The number of carbonyl (C=O) groups is 1. The quantitative estimate of drug-likeness (QED) is 0.900. The molecule has 22 heavy (non-hydrogen) atoms. The van der Waals surface area contributed by atoms with E-state index >= 15 is 0 Å². The molecule has 0 aromatic heterocycles. The monoisotopic (exact) mass is 297 g/mol. The molecule has 0 aliphatic heterocycles. The van der Waals surface area contributed by atoms with Gasteiger partial charge in [0, 0.05) is 11.6 Å². The summed E-state index contributed by atoms with van der Waals surface area (Å²) in [4.78, 5) is 12.3. The van der Waals surface area contributed by atoms with E-state index in [-0.39, 0.29) is 11.9 Å². The van der Waals surface area contributed by atoms with E-state index in [4.69, 9.17) is 0 Å². The lowest BCUT2D eigenvalue weighted by molar-refractivity contribution is 0.0937. The lowest BCUT2D eigenvalue weighted by Gasteiger charge is -2.12. The van der Waals surface area contributed by atoms with E-state index in [1.54, 1.807) is 6.07 Å². The van der Waals surface area contributed by atoms with Crippen LogP contribution in [0.25, 0.3) is 11.1 Å². The summed E-state index contributed by atoms with van der Waals surface area (Å²) in [7, 11) is 0. The van der Waals surface area contributed by atoms with Crippen molar-refractivity contribution in [3.05, 3.63) is 59.7 Å². The molecule has 3 rings (SSSR count). The molecule has 0 saturated heterocycles. The normalized spacial score (nSPS) is 20.8. The van der Waals surface area contributed by atoms with Crippen molar-refractivity contribution in [2.45, 2.75) is 38.4 Å². The molecular formula is C19H20FNO. The molecule has 0 spiro atoms. The van der Waals surface area contributed by atoms with Crippen molar-refractivity contribution >= 4 is 5.91 Å². The maximum absolute atomic E-state index is 13.2. The van der Waals surface area contributed by atoms with Gasteiger partial charge in [0.15, 0.2) is 0 Å². The molecule has 1 saturated carbocycles. The molecule has 0 bridgehead atoms. The van der Waals surface area contributed by atoms with E-state index in [1.807, 2.05) is 43.3 Å². The molecule has 0 radical (unpaired) electrons. The molecule has 114 valence electrons. The Bertz CT molecular complexity index is 683. The molecule has 3 heteroatoms. The number of hydrogen-bond acceptors (Lipinski definition) is 1. The maximum atomic E-state index is 13.2. The second-order valence-electron chi connectivity index (χ2n) is 6.03. The second kappa shape index (κ2) is 6.30. The molecule has 1 fully saturated rings. The zero-order valence-corrected chi connectivity index (χ0v) is 12.7. The predicted octanol–water partition coefficient (Wildman–Crippen LogP) is 4.28. The average molecular weight is 297 g/mol. The van der Waals surface area contributed by atoms with Crippen LogP contribution in [0.4, 0.5) is 4.39 Å². The number of halogens is 1. The Hall–Kier alpha value is -2.16. The van der Waals surface area contributed by atoms with Gasteiger partial charge in [0.1, 0.15) is 6.17 Å². The van der Waals surface area contributed by atoms with Gasteiger partial charge in [-0.2, -0.15) is 0 Å². The lowest BCUT2D eigenvalue weighted by atomic mass is 10.0. The minimum Gasteiger partial charge on any atom is -0.349 e. The Morgan fingerprint density at radius 3 is 2.50 bits per heavy atom. The Morgan fingerprint density at radius 1 is 1.09 bits per heavy atom. The smallest absolute Gasteiger partial charge is 0.251 e. The van der Waals surface area contributed by atoms with Gasteiger partial charge in [0.05, 0.1) is 0 Å². The molecule has 1 aliphatic rings. The molecule has 0 heterocycles. The Balaban J connectivity index is 1.77. The lowest BCUT2D eigenvalue weighted by Crippen LogP contribution is -2.33. The first-order chi connectivity index (χ1) is 10.6. The van der Waals surface area contributed by atoms with Crippen molar-refractivity contribution < 1.29 is 9.18 Å². The minimum atomic E-state index is -0.774. The molecule has 1 N–H and O–H groups in total. The van der Waals surface area contributed by atoms with Gasteiger partial charge >= 0.3 is 0 Å². The molecule has 2 aromatic carbocycles. The van der Waals surface area contributed by atoms with Gasteiger partial charge in [-0.05, 0) is 49.4 Å². The third-order valence-corrected chi connectivity index (χ3v) is 4.18. The molecule has 2 nitrogen and oxygen atoms in total. The third-order valence-electron chi connectivity index (χ3n) is 4.18. The van der Waals surface area contributed by atoms with Crippen LogP contribution in [0.3, 0.4) is 0 Å². The number of benzene rings is 2. The Morgan fingerprint density at radius 2 is 1.82 bits per heavy atom. The fourth-order valence-corrected chi connectivity index (χ4v) is 2.99. The van der Waals surface area contributed by atoms with Gasteiger partial charge in [-0.1, -0.05) is 42.0 Å². The van der Waals surface area contributed by atoms with Crippen LogP contribution in [0.1, 0.15) is 35.2 Å². The standard InChI is InChI=1S/C19H20FNO/c1-13-4-2-5-14(10-13)15-6-3-7-16(11-15)19(22)21-18-9-8-17(20)12-18/h2-7,10-11,17-18H,8-9,12H2,1H3,(H,21,22)/t17-,18-/m1/s1. The molecule has 2 atom stereocenters. The van der Waals surface area contributed by atoms with Crippen LogP contribution < -0.4 is 5.32 Å². The van der Waals surface area contributed by atoms with Crippen molar-refractivity contribution in [1.82, 2.24) is 5.32 Å². The first-order valence-corrected chi connectivity index (χ1v) is 7.74. The van der Waals surface area contributed by atoms with Gasteiger partial charge in [-0.25, -0.2) is 4.39 Å². The second-order valence-corrected chi connectivity index (χ2v) is 6.03. The van der Waals surface area contributed by atoms with Gasteiger partial charge in [0.2, 0.25) is 0 Å². The zero-order valence-electron chi connectivity index (χ0n) is 12.7. The van der Waals surface area contributed by atoms with Crippen LogP contribution in [0.15, 0.2) is 48.5 Å². The van der Waals surface area contributed by atoms with E-state index in [0.29, 0.717) is 18.4 Å². The minimum absolute atomic E-state index is 0.0369. The van der Waals surface area contributed by atoms with Crippen LogP contribution in [-0.4, -0.2) is 18.1 Å². The van der Waals surface area contributed by atoms with E-state index in [9.17, 15) is 9.18 Å². The molecular weight excluding hydrogens is 277 g/mol. The molecule has 1 amide bonds. The summed E-state index contributed by atoms with van der Waals surface area (Å²) >= 11 is 0. The fraction of sp³-hybridized carbons (Fsp3) is 0.316. The molecule has 0 unspecified atom stereocenters. The summed E-state index contributed by atoms with van der Waals surface area (Å²) in [5.41, 5.74) is 3.93. The Labute approximate surface area is 130 Å². The number of carbonyl (C=O) groups excluding carboxylic acids is 1. The number of aryl methyl sites for hydroxylation is 1. The van der Waals surface area contributed by atoms with E-state index in [0.717, 1.165) is 17.5 Å². The summed E-state index contributed by atoms with van der Waals surface area (Å²) in [5.74, 6) is -0.117. The number of alkyl halides is 1. The van der Waals surface area contributed by atoms with Crippen LogP contribution in [0, 0.1) is 6.92 Å². The number of hydrogen-bond donors (Lipinski definition) is 1. The highest BCUT2D eigenvalue weighted by Crippen LogP contribution is 2.24. The summed E-state index contributed by atoms with van der Waals surface area (Å²) in [6.45, 7) is 2.05. The number of amides is 1. The van der Waals surface area contributed by atoms with Crippen molar-refractivity contribution in [2.75, 3.05) is 0 Å². The highest BCUT2D eigenvalue weighted by Gasteiger charge is 2.25. The first-order valence-electron chi connectivity index (χ1n) is 7.74. The van der Waals surface area contributed by atoms with Crippen LogP contribution in [-0.2, 0) is 0 Å². The van der Waals surface area contributed by atoms with Gasteiger partial charge < -0.3 is 5.32 Å². The maximum Gasteiger partial charge on any atom is 0.251 e. The number of nitrogens with one attached hydrogen (secondary N) is 1. The van der Waals surface area contributed by atoms with Crippen LogP contribution >= 0.6 is 0 Å². The van der Waals surface area contributed by atoms with E-state index in [1.165, 1.54) is 5.56 Å². The first kappa shape index (κ1) is 14.8. The summed E-state index contributed by atoms with van der Waals surface area (Å²) < 4.78 is 13.2. The highest BCUT2D eigenvalue weighted by molar-refractivity contribution is 5.95. The largest absolute Gasteiger partial charge is 0.349 e. The van der Waals surface area contributed by atoms with Crippen LogP contribution in [0.5, 0.6) is 0 Å². The van der Waals surface area contributed by atoms with Crippen molar-refractivity contribution in [1.29, 1.82) is 0 Å². The fourth-order valence-electron chi connectivity index (χ4n) is 2.99. The topological polar surface area (TPSA) is 29.1 Å². The zero-order chi connectivity index (χ0) is 15.5. The van der Waals surface area contributed by atoms with E-state index < -0.39 is 6.17 Å². The van der Waals surface area contributed by atoms with Crippen molar-refractivity contribution in [3.63, 3.8) is 0 Å². The third kappa shape index (κ3) is 3.35.